The maximum atomic E-state index is 6.48. The fourth-order valence-electron chi connectivity index (χ4n) is 9.16. The van der Waals surface area contributed by atoms with Gasteiger partial charge in [0.2, 0.25) is 0 Å². The summed E-state index contributed by atoms with van der Waals surface area (Å²) in [5, 5.41) is 8.23. The number of aliphatic imine (C=N–C) groups is 1. The van der Waals surface area contributed by atoms with Crippen LogP contribution in [0.15, 0.2) is 240 Å². The van der Waals surface area contributed by atoms with Crippen LogP contribution in [0.3, 0.4) is 0 Å². The van der Waals surface area contributed by atoms with Crippen molar-refractivity contribution in [2.45, 2.75) is 6.04 Å². The molecule has 5 heteroatoms. The lowest BCUT2D eigenvalue weighted by molar-refractivity contribution is 0.669. The second-order valence-corrected chi connectivity index (χ2v) is 16.4. The van der Waals surface area contributed by atoms with Crippen molar-refractivity contribution in [3.8, 4) is 56.2 Å². The number of para-hydroxylation sites is 1. The fourth-order valence-corrected chi connectivity index (χ4v) is 9.16. The molecule has 1 aliphatic heterocycles. The number of rotatable bonds is 8. The van der Waals surface area contributed by atoms with Gasteiger partial charge in [-0.05, 0) is 62.9 Å². The molecule has 1 aliphatic rings. The van der Waals surface area contributed by atoms with Crippen LogP contribution in [0.25, 0.3) is 94.6 Å². The number of aromatic nitrogens is 2. The number of hydrogen-bond acceptors (Lipinski definition) is 5. The minimum absolute atomic E-state index is 0.0322. The minimum atomic E-state index is -0.0322. The number of amidine groups is 1. The molecule has 0 saturated heterocycles. The molecule has 0 radical (unpaired) electrons. The van der Waals surface area contributed by atoms with E-state index in [1.54, 1.807) is 0 Å². The van der Waals surface area contributed by atoms with E-state index in [-0.39, 0.29) is 6.04 Å². The Morgan fingerprint density at radius 3 is 1.82 bits per heavy atom. The lowest BCUT2D eigenvalue weighted by Crippen LogP contribution is -2.31. The van der Waals surface area contributed by atoms with Crippen molar-refractivity contribution < 1.29 is 4.42 Å². The Kier molecular flexibility index (Phi) is 9.50. The first-order valence-corrected chi connectivity index (χ1v) is 22.0. The molecule has 1 atom stereocenters. The third kappa shape index (κ3) is 7.15. The normalized spacial score (nSPS) is 13.7. The molecule has 1 unspecified atom stereocenters. The van der Waals surface area contributed by atoms with Crippen molar-refractivity contribution in [1.29, 1.82) is 0 Å². The van der Waals surface area contributed by atoms with Gasteiger partial charge in [0.25, 0.3) is 0 Å². The van der Waals surface area contributed by atoms with E-state index in [0.29, 0.717) is 5.82 Å². The van der Waals surface area contributed by atoms with Gasteiger partial charge in [0.1, 0.15) is 17.0 Å². The van der Waals surface area contributed by atoms with Gasteiger partial charge >= 0.3 is 0 Å². The number of benzene rings is 9. The zero-order chi connectivity index (χ0) is 43.1. The SMILES string of the molecule is C1=C(c2ccccc2)N=C(c2ccc(-c3c(-c4ccc(-c5nc(-c6ccccc6)cc(-c6cccc7ccccc67)n5)cc4)ccc4oc5ccccc5c34)cc2)NC1c1ccccc1. The summed E-state index contributed by atoms with van der Waals surface area (Å²) in [6.45, 7) is 0. The number of hydrogen-bond donors (Lipinski definition) is 1. The summed E-state index contributed by atoms with van der Waals surface area (Å²) < 4.78 is 6.48. The molecular weight excluding hydrogens is 793 g/mol. The highest BCUT2D eigenvalue weighted by Crippen LogP contribution is 2.43. The summed E-state index contributed by atoms with van der Waals surface area (Å²) in [6.07, 6.45) is 2.21. The highest BCUT2D eigenvalue weighted by Gasteiger charge is 2.22. The van der Waals surface area contributed by atoms with Crippen LogP contribution in [0.4, 0.5) is 0 Å². The monoisotopic (exact) mass is 832 g/mol. The van der Waals surface area contributed by atoms with Crippen molar-refractivity contribution in [3.63, 3.8) is 0 Å². The van der Waals surface area contributed by atoms with Crippen LogP contribution in [0, 0.1) is 0 Å². The van der Waals surface area contributed by atoms with Gasteiger partial charge in [-0.1, -0.05) is 206 Å². The van der Waals surface area contributed by atoms with E-state index in [2.05, 4.69) is 212 Å². The summed E-state index contributed by atoms with van der Waals surface area (Å²) in [6, 6.07) is 78.2. The molecule has 0 fully saturated rings. The van der Waals surface area contributed by atoms with Gasteiger partial charge < -0.3 is 9.73 Å². The third-order valence-corrected chi connectivity index (χ3v) is 12.4. The second kappa shape index (κ2) is 16.2. The first-order chi connectivity index (χ1) is 32.2. The van der Waals surface area contributed by atoms with E-state index >= 15 is 0 Å². The Labute approximate surface area is 376 Å². The summed E-state index contributed by atoms with van der Waals surface area (Å²) in [5.41, 5.74) is 15.1. The molecule has 306 valence electrons. The van der Waals surface area contributed by atoms with Crippen LogP contribution in [-0.4, -0.2) is 15.8 Å². The Bertz CT molecular complexity index is 3590. The maximum absolute atomic E-state index is 6.48. The van der Waals surface area contributed by atoms with Crippen LogP contribution in [0.5, 0.6) is 0 Å². The van der Waals surface area contributed by atoms with Gasteiger partial charge in [-0.2, -0.15) is 0 Å². The predicted molar refractivity (Wildman–Crippen MR) is 267 cm³/mol. The molecule has 0 amide bonds. The van der Waals surface area contributed by atoms with Gasteiger partial charge in [-0.15, -0.1) is 0 Å². The maximum Gasteiger partial charge on any atom is 0.160 e. The smallest absolute Gasteiger partial charge is 0.160 e. The minimum Gasteiger partial charge on any atom is -0.456 e. The van der Waals surface area contributed by atoms with Gasteiger partial charge in [-0.25, -0.2) is 15.0 Å². The van der Waals surface area contributed by atoms with E-state index in [1.165, 1.54) is 10.9 Å². The zero-order valence-electron chi connectivity index (χ0n) is 35.3. The third-order valence-electron chi connectivity index (χ3n) is 12.4. The topological polar surface area (TPSA) is 63.3 Å². The Balaban J connectivity index is 0.955. The van der Waals surface area contributed by atoms with Crippen LogP contribution in [-0.2, 0) is 0 Å². The van der Waals surface area contributed by atoms with Crippen LogP contribution in [0.2, 0.25) is 0 Å². The molecule has 2 aromatic heterocycles. The first-order valence-electron chi connectivity index (χ1n) is 22.0. The molecule has 9 aromatic carbocycles. The van der Waals surface area contributed by atoms with Crippen LogP contribution in [0.1, 0.15) is 22.7 Å². The van der Waals surface area contributed by atoms with E-state index < -0.39 is 0 Å². The van der Waals surface area contributed by atoms with Crippen LogP contribution >= 0.6 is 0 Å². The summed E-state index contributed by atoms with van der Waals surface area (Å²) >= 11 is 0. The quantitative estimate of drug-likeness (QED) is 0.166. The number of fused-ring (bicyclic) bond motifs is 4. The summed E-state index contributed by atoms with van der Waals surface area (Å²) in [5.74, 6) is 1.50. The van der Waals surface area contributed by atoms with E-state index in [0.717, 1.165) is 100 Å². The average Bonchev–Trinajstić information content (AvgIpc) is 3.78. The van der Waals surface area contributed by atoms with Crippen molar-refractivity contribution in [2.24, 2.45) is 4.99 Å². The number of nitrogens with one attached hydrogen (secondary N) is 1. The summed E-state index contributed by atoms with van der Waals surface area (Å²) in [4.78, 5) is 15.6. The highest BCUT2D eigenvalue weighted by molar-refractivity contribution is 6.16. The largest absolute Gasteiger partial charge is 0.456 e. The van der Waals surface area contributed by atoms with Crippen LogP contribution < -0.4 is 5.32 Å². The predicted octanol–water partition coefficient (Wildman–Crippen LogP) is 15.0. The molecule has 0 bridgehead atoms. The zero-order valence-corrected chi connectivity index (χ0v) is 35.3. The van der Waals surface area contributed by atoms with Gasteiger partial charge in [0.05, 0.1) is 23.1 Å². The molecule has 0 saturated carbocycles. The van der Waals surface area contributed by atoms with Crippen molar-refractivity contribution >= 4 is 44.2 Å². The average molecular weight is 833 g/mol. The van der Waals surface area contributed by atoms with E-state index in [1.807, 2.05) is 24.3 Å². The van der Waals surface area contributed by atoms with Gasteiger partial charge in [0, 0.05) is 38.6 Å². The Morgan fingerprint density at radius 2 is 1.03 bits per heavy atom. The van der Waals surface area contributed by atoms with E-state index in [9.17, 15) is 0 Å². The lowest BCUT2D eigenvalue weighted by Gasteiger charge is -2.24. The molecule has 65 heavy (non-hydrogen) atoms. The van der Waals surface area contributed by atoms with Crippen molar-refractivity contribution in [1.82, 2.24) is 15.3 Å². The van der Waals surface area contributed by atoms with Crippen molar-refractivity contribution in [2.75, 3.05) is 0 Å². The van der Waals surface area contributed by atoms with E-state index in [4.69, 9.17) is 19.4 Å². The number of furan rings is 1. The molecule has 0 aliphatic carbocycles. The fraction of sp³-hybridized carbons (Fsp3) is 0.0167. The first kappa shape index (κ1) is 38.0. The molecule has 0 spiro atoms. The summed E-state index contributed by atoms with van der Waals surface area (Å²) in [7, 11) is 0. The van der Waals surface area contributed by atoms with Crippen molar-refractivity contribution in [3.05, 3.63) is 247 Å². The Morgan fingerprint density at radius 1 is 0.415 bits per heavy atom. The Hall–Kier alpha value is -8.67. The standard InChI is InChI=1S/C60H40N4O/c1-4-16-41(17-5-1)51-37-52(42-18-6-2-7-19-42)62-59(61-51)46-33-29-44(30-34-46)57-48(35-36-56-58(57)50-24-12-13-26-55(50)65-56)40-27-31-45(32-28-40)60-63-53(43-20-8-3-9-21-43)38-54(64-60)49-25-14-22-39-15-10-11-23-47(39)49/h1-38,51H,(H,61,62). The number of nitrogens with zero attached hydrogens (tertiary/aromatic N) is 3. The highest BCUT2D eigenvalue weighted by atomic mass is 16.3. The lowest BCUT2D eigenvalue weighted by atomic mass is 9.89. The molecule has 1 N–H and O–H groups in total. The molecule has 3 heterocycles. The second-order valence-electron chi connectivity index (χ2n) is 16.4. The molecule has 5 nitrogen and oxygen atoms in total. The van der Waals surface area contributed by atoms with Gasteiger partial charge in [-0.3, -0.25) is 0 Å². The molecular formula is C60H40N4O. The molecule has 12 rings (SSSR count). The molecule has 11 aromatic rings. The van der Waals surface area contributed by atoms with Gasteiger partial charge in [0.15, 0.2) is 5.82 Å².